The van der Waals surface area contributed by atoms with Crippen LogP contribution < -0.4 is 10.1 Å². The number of nitrogens with one attached hydrogen (secondary N) is 1. The van der Waals surface area contributed by atoms with Crippen LogP contribution >= 0.6 is 0 Å². The highest BCUT2D eigenvalue weighted by atomic mass is 16.5. The Hall–Kier alpha value is -1.55. The van der Waals surface area contributed by atoms with Crippen LogP contribution in [0, 0.1) is 0 Å². The van der Waals surface area contributed by atoms with Crippen molar-refractivity contribution in [1.29, 1.82) is 0 Å². The number of hydrogen-bond acceptors (Lipinski definition) is 3. The van der Waals surface area contributed by atoms with Gasteiger partial charge in [-0.05, 0) is 38.4 Å². The maximum Gasteiger partial charge on any atom is 0.239 e. The lowest BCUT2D eigenvalue weighted by Gasteiger charge is -2.22. The minimum absolute atomic E-state index is 0.0578. The monoisotopic (exact) mass is 262 g/mol. The predicted octanol–water partition coefficient (Wildman–Crippen LogP) is 1.67. The van der Waals surface area contributed by atoms with Crippen molar-refractivity contribution in [3.05, 3.63) is 30.3 Å². The second kappa shape index (κ2) is 7.14. The molecule has 1 aromatic rings. The van der Waals surface area contributed by atoms with E-state index in [2.05, 4.69) is 5.32 Å². The van der Waals surface area contributed by atoms with Gasteiger partial charge in [0.25, 0.3) is 0 Å². The molecule has 4 nitrogen and oxygen atoms in total. The van der Waals surface area contributed by atoms with Gasteiger partial charge in [-0.3, -0.25) is 4.79 Å². The van der Waals surface area contributed by atoms with E-state index >= 15 is 0 Å². The third kappa shape index (κ3) is 4.24. The maximum absolute atomic E-state index is 12.0. The Morgan fingerprint density at radius 3 is 2.95 bits per heavy atom. The number of rotatable bonds is 5. The van der Waals surface area contributed by atoms with Crippen LogP contribution in [0.3, 0.4) is 0 Å². The Bertz CT molecular complexity index is 394. The van der Waals surface area contributed by atoms with Crippen molar-refractivity contribution in [2.24, 2.45) is 0 Å². The molecule has 0 aromatic heterocycles. The summed E-state index contributed by atoms with van der Waals surface area (Å²) >= 11 is 0. The molecular formula is C15H22N2O2. The second-order valence-corrected chi connectivity index (χ2v) is 4.87. The molecule has 1 aliphatic rings. The first kappa shape index (κ1) is 13.9. The molecule has 104 valence electrons. The summed E-state index contributed by atoms with van der Waals surface area (Å²) in [7, 11) is 0. The topological polar surface area (TPSA) is 41.6 Å². The fourth-order valence-corrected chi connectivity index (χ4v) is 2.24. The van der Waals surface area contributed by atoms with Crippen molar-refractivity contribution in [2.45, 2.75) is 25.8 Å². The predicted molar refractivity (Wildman–Crippen MR) is 75.2 cm³/mol. The van der Waals surface area contributed by atoms with Gasteiger partial charge in [0.1, 0.15) is 5.75 Å². The van der Waals surface area contributed by atoms with E-state index in [1.807, 2.05) is 42.2 Å². The Morgan fingerprint density at radius 1 is 1.37 bits per heavy atom. The SMILES string of the molecule is CC1NCCCN(CCCOc2ccccc2)C1=O. The zero-order chi connectivity index (χ0) is 13.5. The van der Waals surface area contributed by atoms with Gasteiger partial charge < -0.3 is 15.0 Å². The van der Waals surface area contributed by atoms with E-state index in [0.717, 1.165) is 38.2 Å². The van der Waals surface area contributed by atoms with E-state index < -0.39 is 0 Å². The summed E-state index contributed by atoms with van der Waals surface area (Å²) in [6.45, 7) is 5.12. The smallest absolute Gasteiger partial charge is 0.239 e. The first-order valence-electron chi connectivity index (χ1n) is 6.97. The number of para-hydroxylation sites is 1. The number of benzene rings is 1. The van der Waals surface area contributed by atoms with E-state index in [0.29, 0.717) is 6.61 Å². The van der Waals surface area contributed by atoms with Crippen LogP contribution in [-0.4, -0.2) is 43.1 Å². The maximum atomic E-state index is 12.0. The average molecular weight is 262 g/mol. The van der Waals surface area contributed by atoms with Gasteiger partial charge >= 0.3 is 0 Å². The molecule has 0 saturated carbocycles. The Morgan fingerprint density at radius 2 is 2.16 bits per heavy atom. The number of amides is 1. The summed E-state index contributed by atoms with van der Waals surface area (Å²) in [6.07, 6.45) is 1.89. The summed E-state index contributed by atoms with van der Waals surface area (Å²) in [4.78, 5) is 14.0. The Kier molecular flexibility index (Phi) is 5.21. The van der Waals surface area contributed by atoms with E-state index in [1.54, 1.807) is 0 Å². The number of carbonyl (C=O) groups excluding carboxylic acids is 1. The molecule has 1 aliphatic heterocycles. The molecule has 1 fully saturated rings. The van der Waals surface area contributed by atoms with E-state index in [4.69, 9.17) is 4.74 Å². The van der Waals surface area contributed by atoms with Crippen molar-refractivity contribution in [3.63, 3.8) is 0 Å². The minimum Gasteiger partial charge on any atom is -0.494 e. The number of carbonyl (C=O) groups is 1. The van der Waals surface area contributed by atoms with E-state index in [-0.39, 0.29) is 11.9 Å². The second-order valence-electron chi connectivity index (χ2n) is 4.87. The van der Waals surface area contributed by atoms with Gasteiger partial charge in [0.15, 0.2) is 0 Å². The zero-order valence-corrected chi connectivity index (χ0v) is 11.5. The van der Waals surface area contributed by atoms with Gasteiger partial charge in [-0.2, -0.15) is 0 Å². The summed E-state index contributed by atoms with van der Waals surface area (Å²) in [6, 6.07) is 9.73. The molecule has 1 N–H and O–H groups in total. The normalized spacial score (nSPS) is 20.2. The molecule has 1 atom stereocenters. The summed E-state index contributed by atoms with van der Waals surface area (Å²) in [5.74, 6) is 1.09. The molecular weight excluding hydrogens is 240 g/mol. The molecule has 19 heavy (non-hydrogen) atoms. The highest BCUT2D eigenvalue weighted by Crippen LogP contribution is 2.09. The van der Waals surface area contributed by atoms with Gasteiger partial charge in [0.2, 0.25) is 5.91 Å². The van der Waals surface area contributed by atoms with Crippen molar-refractivity contribution < 1.29 is 9.53 Å². The van der Waals surface area contributed by atoms with Crippen LogP contribution in [0.5, 0.6) is 5.75 Å². The highest BCUT2D eigenvalue weighted by molar-refractivity contribution is 5.81. The molecule has 1 amide bonds. The fraction of sp³-hybridized carbons (Fsp3) is 0.533. The lowest BCUT2D eigenvalue weighted by Crippen LogP contribution is -2.42. The van der Waals surface area contributed by atoms with Crippen molar-refractivity contribution in [3.8, 4) is 5.75 Å². The van der Waals surface area contributed by atoms with E-state index in [9.17, 15) is 4.79 Å². The Balaban J connectivity index is 1.71. The van der Waals surface area contributed by atoms with Gasteiger partial charge in [0, 0.05) is 13.1 Å². The number of ether oxygens (including phenoxy) is 1. The van der Waals surface area contributed by atoms with Crippen molar-refractivity contribution >= 4 is 5.91 Å². The number of hydrogen-bond donors (Lipinski definition) is 1. The number of nitrogens with zero attached hydrogens (tertiary/aromatic N) is 1. The molecule has 2 rings (SSSR count). The quantitative estimate of drug-likeness (QED) is 0.821. The summed E-state index contributed by atoms with van der Waals surface area (Å²) < 4.78 is 5.64. The third-order valence-electron chi connectivity index (χ3n) is 3.32. The molecule has 0 aliphatic carbocycles. The van der Waals surface area contributed by atoms with Crippen LogP contribution in [0.25, 0.3) is 0 Å². The Labute approximate surface area is 114 Å². The first-order valence-corrected chi connectivity index (χ1v) is 6.97. The minimum atomic E-state index is -0.0578. The molecule has 4 heteroatoms. The third-order valence-corrected chi connectivity index (χ3v) is 3.32. The van der Waals surface area contributed by atoms with Gasteiger partial charge in [-0.1, -0.05) is 18.2 Å². The van der Waals surface area contributed by atoms with Gasteiger partial charge in [-0.25, -0.2) is 0 Å². The zero-order valence-electron chi connectivity index (χ0n) is 11.5. The first-order chi connectivity index (χ1) is 9.27. The van der Waals surface area contributed by atoms with Crippen LogP contribution in [0.2, 0.25) is 0 Å². The molecule has 0 radical (unpaired) electrons. The van der Waals surface area contributed by atoms with Crippen LogP contribution in [0.15, 0.2) is 30.3 Å². The fourth-order valence-electron chi connectivity index (χ4n) is 2.24. The average Bonchev–Trinajstić information content (AvgIpc) is 2.60. The van der Waals surface area contributed by atoms with E-state index in [1.165, 1.54) is 0 Å². The molecule has 1 aromatic carbocycles. The molecule has 1 heterocycles. The van der Waals surface area contributed by atoms with Crippen molar-refractivity contribution in [2.75, 3.05) is 26.2 Å². The van der Waals surface area contributed by atoms with Crippen molar-refractivity contribution in [1.82, 2.24) is 10.2 Å². The lowest BCUT2D eigenvalue weighted by atomic mass is 10.3. The van der Waals surface area contributed by atoms with Crippen LogP contribution in [0.4, 0.5) is 0 Å². The molecule has 1 saturated heterocycles. The highest BCUT2D eigenvalue weighted by Gasteiger charge is 2.22. The standard InChI is InChI=1S/C15H22N2O2/c1-13-15(18)17(10-5-9-16-13)11-6-12-19-14-7-3-2-4-8-14/h2-4,7-8,13,16H,5-6,9-12H2,1H3. The molecule has 0 spiro atoms. The summed E-state index contributed by atoms with van der Waals surface area (Å²) in [5, 5.41) is 3.22. The largest absolute Gasteiger partial charge is 0.494 e. The van der Waals surface area contributed by atoms with Gasteiger partial charge in [-0.15, -0.1) is 0 Å². The lowest BCUT2D eigenvalue weighted by molar-refractivity contribution is -0.132. The van der Waals surface area contributed by atoms with Gasteiger partial charge in [0.05, 0.1) is 12.6 Å². The summed E-state index contributed by atoms with van der Waals surface area (Å²) in [5.41, 5.74) is 0. The molecule has 0 bridgehead atoms. The molecule has 1 unspecified atom stereocenters. The van der Waals surface area contributed by atoms with Crippen LogP contribution in [-0.2, 0) is 4.79 Å². The van der Waals surface area contributed by atoms with Crippen LogP contribution in [0.1, 0.15) is 19.8 Å².